The van der Waals surface area contributed by atoms with Crippen LogP contribution in [0.1, 0.15) is 44.6 Å². The molecule has 1 spiro atoms. The molecule has 2 aliphatic rings. The maximum absolute atomic E-state index is 12.9. The molecular formula is C27H36N4O. The van der Waals surface area contributed by atoms with E-state index in [2.05, 4.69) is 53.1 Å². The standard InChI is InChI=1S/C27H36N4O/c1-5-11-31-12-9-27(10-13-31)16-24(17-27)26(32)29-25-15-23-14-21(7-8-22(23)18-28-25)20(6-2)19-30(3)4/h6-8,14-15,18-19,24H,2,5,9-13,16-17H2,1,3-4H3,(H,28,29,32)/b20-19+. The van der Waals surface area contributed by atoms with Crippen LogP contribution in [-0.4, -0.2) is 54.4 Å². The van der Waals surface area contributed by atoms with E-state index in [-0.39, 0.29) is 11.8 Å². The Morgan fingerprint density at radius 2 is 2.00 bits per heavy atom. The van der Waals surface area contributed by atoms with Crippen LogP contribution < -0.4 is 5.32 Å². The highest BCUT2D eigenvalue weighted by molar-refractivity contribution is 5.95. The third-order valence-electron chi connectivity index (χ3n) is 7.11. The molecule has 0 unspecified atom stereocenters. The Hall–Kier alpha value is -2.66. The van der Waals surface area contributed by atoms with Gasteiger partial charge in [0.1, 0.15) is 5.82 Å². The highest BCUT2D eigenvalue weighted by Gasteiger charge is 2.48. The molecule has 5 heteroatoms. The van der Waals surface area contributed by atoms with Crippen molar-refractivity contribution in [1.29, 1.82) is 0 Å². The topological polar surface area (TPSA) is 48.5 Å². The quantitative estimate of drug-likeness (QED) is 0.614. The fourth-order valence-corrected chi connectivity index (χ4v) is 5.29. The minimum absolute atomic E-state index is 0.118. The zero-order valence-corrected chi connectivity index (χ0v) is 19.7. The Morgan fingerprint density at radius 3 is 2.66 bits per heavy atom. The predicted octanol–water partition coefficient (Wildman–Crippen LogP) is 5.16. The fourth-order valence-electron chi connectivity index (χ4n) is 5.29. The molecule has 32 heavy (non-hydrogen) atoms. The molecular weight excluding hydrogens is 396 g/mol. The number of piperidine rings is 1. The molecule has 1 amide bonds. The number of hydrogen-bond donors (Lipinski definition) is 1. The van der Waals surface area contributed by atoms with Crippen LogP contribution in [0, 0.1) is 11.3 Å². The van der Waals surface area contributed by atoms with Crippen molar-refractivity contribution >= 4 is 28.1 Å². The highest BCUT2D eigenvalue weighted by Crippen LogP contribution is 2.52. The van der Waals surface area contributed by atoms with Gasteiger partial charge < -0.3 is 15.1 Å². The Morgan fingerprint density at radius 1 is 1.25 bits per heavy atom. The van der Waals surface area contributed by atoms with E-state index in [1.807, 2.05) is 37.3 Å². The average Bonchev–Trinajstić information content (AvgIpc) is 2.76. The van der Waals surface area contributed by atoms with Crippen molar-refractivity contribution in [3.8, 4) is 0 Å². The third kappa shape index (κ3) is 4.88. The summed E-state index contributed by atoms with van der Waals surface area (Å²) in [5.41, 5.74) is 2.56. The monoisotopic (exact) mass is 432 g/mol. The predicted molar refractivity (Wildman–Crippen MR) is 133 cm³/mol. The smallest absolute Gasteiger partial charge is 0.228 e. The van der Waals surface area contributed by atoms with Gasteiger partial charge in [-0.1, -0.05) is 31.7 Å². The largest absolute Gasteiger partial charge is 0.383 e. The van der Waals surface area contributed by atoms with Crippen LogP contribution in [0.15, 0.2) is 49.3 Å². The van der Waals surface area contributed by atoms with E-state index < -0.39 is 0 Å². The SMILES string of the molecule is C=C/C(=C\N(C)C)c1ccc2cnc(NC(=O)C3CC4(CCN(CCC)CC4)C3)cc2c1. The molecule has 5 nitrogen and oxygen atoms in total. The maximum Gasteiger partial charge on any atom is 0.228 e. The molecule has 170 valence electrons. The van der Waals surface area contributed by atoms with Crippen molar-refractivity contribution in [2.75, 3.05) is 39.0 Å². The molecule has 1 N–H and O–H groups in total. The fraction of sp³-hybridized carbons (Fsp3) is 0.481. The summed E-state index contributed by atoms with van der Waals surface area (Å²) in [5, 5.41) is 5.20. The van der Waals surface area contributed by atoms with Gasteiger partial charge in [0.2, 0.25) is 5.91 Å². The molecule has 1 aromatic heterocycles. The molecule has 2 aromatic rings. The number of nitrogens with one attached hydrogen (secondary N) is 1. The number of nitrogens with zero attached hydrogens (tertiary/aromatic N) is 3. The molecule has 4 rings (SSSR count). The molecule has 0 radical (unpaired) electrons. The van der Waals surface area contributed by atoms with Crippen LogP contribution in [0.5, 0.6) is 0 Å². The molecule has 0 bridgehead atoms. The van der Waals surface area contributed by atoms with Crippen molar-refractivity contribution in [1.82, 2.24) is 14.8 Å². The van der Waals surface area contributed by atoms with Gasteiger partial charge in [-0.2, -0.15) is 0 Å². The Bertz CT molecular complexity index is 1010. The lowest BCUT2D eigenvalue weighted by Crippen LogP contribution is -2.50. The van der Waals surface area contributed by atoms with Gasteiger partial charge in [-0.15, -0.1) is 0 Å². The number of pyridine rings is 1. The van der Waals surface area contributed by atoms with Crippen LogP contribution in [0.2, 0.25) is 0 Å². The molecule has 2 heterocycles. The van der Waals surface area contributed by atoms with Crippen molar-refractivity contribution in [2.45, 2.75) is 39.0 Å². The van der Waals surface area contributed by atoms with E-state index in [4.69, 9.17) is 0 Å². The van der Waals surface area contributed by atoms with E-state index in [9.17, 15) is 4.79 Å². The first-order chi connectivity index (χ1) is 15.4. The maximum atomic E-state index is 12.9. The lowest BCUT2D eigenvalue weighted by molar-refractivity contribution is -0.129. The van der Waals surface area contributed by atoms with Gasteiger partial charge in [0.05, 0.1) is 0 Å². The second-order valence-corrected chi connectivity index (χ2v) is 9.82. The second-order valence-electron chi connectivity index (χ2n) is 9.82. The molecule has 1 saturated heterocycles. The Balaban J connectivity index is 1.40. The Labute approximate surface area is 192 Å². The van der Waals surface area contributed by atoms with Gasteiger partial charge >= 0.3 is 0 Å². The summed E-state index contributed by atoms with van der Waals surface area (Å²) in [5.74, 6) is 0.871. The zero-order chi connectivity index (χ0) is 22.7. The summed E-state index contributed by atoms with van der Waals surface area (Å²) < 4.78 is 0. The van der Waals surface area contributed by atoms with E-state index in [1.54, 1.807) is 0 Å². The van der Waals surface area contributed by atoms with Crippen molar-refractivity contribution in [3.63, 3.8) is 0 Å². The van der Waals surface area contributed by atoms with E-state index in [1.165, 1.54) is 38.9 Å². The van der Waals surface area contributed by atoms with Gasteiger partial charge in [-0.05, 0) is 85.8 Å². The molecule has 1 aromatic carbocycles. The number of carbonyl (C=O) groups excluding carboxylic acids is 1. The summed E-state index contributed by atoms with van der Waals surface area (Å²) in [7, 11) is 4.00. The van der Waals surface area contributed by atoms with Crippen LogP contribution in [0.3, 0.4) is 0 Å². The van der Waals surface area contributed by atoms with E-state index >= 15 is 0 Å². The molecule has 1 aliphatic heterocycles. The van der Waals surface area contributed by atoms with E-state index in [0.29, 0.717) is 11.2 Å². The van der Waals surface area contributed by atoms with Crippen LogP contribution in [0.4, 0.5) is 5.82 Å². The number of amides is 1. The molecule has 2 fully saturated rings. The number of rotatable bonds is 7. The number of allylic oxidation sites excluding steroid dienone is 2. The van der Waals surface area contributed by atoms with Crippen molar-refractivity contribution in [3.05, 3.63) is 54.9 Å². The second kappa shape index (κ2) is 9.45. The summed E-state index contributed by atoms with van der Waals surface area (Å²) >= 11 is 0. The van der Waals surface area contributed by atoms with Gasteiger partial charge in [0.25, 0.3) is 0 Å². The average molecular weight is 433 g/mol. The van der Waals surface area contributed by atoms with Crippen molar-refractivity contribution in [2.24, 2.45) is 11.3 Å². The van der Waals surface area contributed by atoms with Gasteiger partial charge in [0.15, 0.2) is 0 Å². The molecule has 1 saturated carbocycles. The normalized spacial score (nSPS) is 19.0. The number of hydrogen-bond acceptors (Lipinski definition) is 4. The first-order valence-electron chi connectivity index (χ1n) is 11.9. The number of likely N-dealkylation sites (tertiary alicyclic amines) is 1. The lowest BCUT2D eigenvalue weighted by Gasteiger charge is -2.51. The number of aromatic nitrogens is 1. The highest BCUT2D eigenvalue weighted by atomic mass is 16.2. The van der Waals surface area contributed by atoms with Gasteiger partial charge in [-0.3, -0.25) is 4.79 Å². The third-order valence-corrected chi connectivity index (χ3v) is 7.11. The minimum atomic E-state index is 0.118. The van der Waals surface area contributed by atoms with Crippen molar-refractivity contribution < 1.29 is 4.79 Å². The van der Waals surface area contributed by atoms with Crippen LogP contribution >= 0.6 is 0 Å². The Kier molecular flexibility index (Phi) is 6.66. The lowest BCUT2D eigenvalue weighted by atomic mass is 9.57. The van der Waals surface area contributed by atoms with Crippen LogP contribution in [0.25, 0.3) is 16.3 Å². The number of benzene rings is 1. The first-order valence-corrected chi connectivity index (χ1v) is 11.9. The van der Waals surface area contributed by atoms with Gasteiger partial charge in [0, 0.05) is 37.8 Å². The summed E-state index contributed by atoms with van der Waals surface area (Å²) in [6.45, 7) is 9.76. The summed E-state index contributed by atoms with van der Waals surface area (Å²) in [6.07, 6.45) is 11.5. The first kappa shape index (κ1) is 22.5. The summed E-state index contributed by atoms with van der Waals surface area (Å²) in [6, 6.07) is 8.26. The molecule has 0 atom stereocenters. The zero-order valence-electron chi connectivity index (χ0n) is 19.7. The van der Waals surface area contributed by atoms with Crippen LogP contribution in [-0.2, 0) is 4.79 Å². The molecule has 1 aliphatic carbocycles. The van der Waals surface area contributed by atoms with E-state index in [0.717, 1.165) is 34.8 Å². The minimum Gasteiger partial charge on any atom is -0.383 e. The number of anilines is 1. The number of carbonyl (C=O) groups is 1. The van der Waals surface area contributed by atoms with Gasteiger partial charge in [-0.25, -0.2) is 4.98 Å². The number of fused-ring (bicyclic) bond motifs is 1. The summed E-state index contributed by atoms with van der Waals surface area (Å²) in [4.78, 5) is 21.9.